The summed E-state index contributed by atoms with van der Waals surface area (Å²) in [6.07, 6.45) is 4.73. The van der Waals surface area contributed by atoms with Gasteiger partial charge in [-0.1, -0.05) is 12.1 Å². The van der Waals surface area contributed by atoms with Gasteiger partial charge >= 0.3 is 0 Å². The van der Waals surface area contributed by atoms with E-state index in [2.05, 4.69) is 20.3 Å². The molecule has 0 saturated carbocycles. The lowest BCUT2D eigenvalue weighted by Gasteiger charge is -2.33. The molecule has 2 aromatic rings. The fourth-order valence-corrected chi connectivity index (χ4v) is 2.99. The van der Waals surface area contributed by atoms with Gasteiger partial charge in [-0.05, 0) is 30.5 Å². The van der Waals surface area contributed by atoms with Crippen molar-refractivity contribution in [3.8, 4) is 0 Å². The Hall–Kier alpha value is -2.90. The monoisotopic (exact) mass is 342 g/mol. The summed E-state index contributed by atoms with van der Waals surface area (Å²) in [6.45, 7) is 2.21. The summed E-state index contributed by atoms with van der Waals surface area (Å²) < 4.78 is 1.48. The maximum absolute atomic E-state index is 11.8. The third-order valence-electron chi connectivity index (χ3n) is 4.39. The van der Waals surface area contributed by atoms with Crippen molar-refractivity contribution in [2.24, 2.45) is 11.7 Å². The van der Waals surface area contributed by atoms with E-state index in [4.69, 9.17) is 5.73 Å². The normalized spacial score (nSPS) is 17.3. The van der Waals surface area contributed by atoms with Gasteiger partial charge in [-0.2, -0.15) is 5.10 Å². The molecule has 2 heterocycles. The number of carbonyl (C=O) groups is 2. The molecular weight excluding hydrogens is 320 g/mol. The number of amides is 2. The van der Waals surface area contributed by atoms with Crippen LogP contribution in [0.25, 0.3) is 0 Å². The highest BCUT2D eigenvalue weighted by Gasteiger charge is 2.23. The van der Waals surface area contributed by atoms with Gasteiger partial charge in [-0.25, -0.2) is 9.67 Å². The molecule has 3 N–H and O–H groups in total. The predicted molar refractivity (Wildman–Crippen MR) is 92.4 cm³/mol. The molecule has 2 amide bonds. The van der Waals surface area contributed by atoms with Crippen LogP contribution in [-0.2, 0) is 22.7 Å². The van der Waals surface area contributed by atoms with Crippen LogP contribution in [0.5, 0.6) is 0 Å². The van der Waals surface area contributed by atoms with E-state index in [0.29, 0.717) is 13.1 Å². The van der Waals surface area contributed by atoms with Crippen molar-refractivity contribution < 1.29 is 9.59 Å². The molecule has 8 nitrogen and oxygen atoms in total. The van der Waals surface area contributed by atoms with E-state index >= 15 is 0 Å². The third kappa shape index (κ3) is 4.56. The second-order valence-corrected chi connectivity index (χ2v) is 6.22. The molecule has 1 fully saturated rings. The van der Waals surface area contributed by atoms with E-state index in [1.165, 1.54) is 17.3 Å². The number of primary amides is 1. The predicted octanol–water partition coefficient (Wildman–Crippen LogP) is 0.296. The lowest BCUT2D eigenvalue weighted by Crippen LogP contribution is -2.41. The second-order valence-electron chi connectivity index (χ2n) is 6.22. The minimum absolute atomic E-state index is 0.0792. The van der Waals surface area contributed by atoms with Crippen molar-refractivity contribution in [1.29, 1.82) is 0 Å². The SMILES string of the molecule is NC(=O)C1CCCN(c2ccc(CNC(=O)Cn3cncn3)cc2)C1. The van der Waals surface area contributed by atoms with Crippen LogP contribution in [0.3, 0.4) is 0 Å². The number of rotatable bonds is 6. The van der Waals surface area contributed by atoms with Gasteiger partial charge in [-0.15, -0.1) is 0 Å². The summed E-state index contributed by atoms with van der Waals surface area (Å²) in [4.78, 5) is 29.2. The van der Waals surface area contributed by atoms with Crippen LogP contribution in [0.15, 0.2) is 36.9 Å². The zero-order chi connectivity index (χ0) is 17.6. The highest BCUT2D eigenvalue weighted by molar-refractivity contribution is 5.77. The molecule has 1 saturated heterocycles. The molecular formula is C17H22N6O2. The molecule has 0 bridgehead atoms. The lowest BCUT2D eigenvalue weighted by atomic mass is 9.97. The van der Waals surface area contributed by atoms with Crippen molar-refractivity contribution in [2.45, 2.75) is 25.9 Å². The number of hydrogen-bond donors (Lipinski definition) is 2. The topological polar surface area (TPSA) is 106 Å². The van der Waals surface area contributed by atoms with Crippen molar-refractivity contribution in [3.63, 3.8) is 0 Å². The molecule has 1 aromatic heterocycles. The Labute approximate surface area is 146 Å². The highest BCUT2D eigenvalue weighted by atomic mass is 16.2. The van der Waals surface area contributed by atoms with E-state index in [1.54, 1.807) is 0 Å². The number of benzene rings is 1. The molecule has 1 aromatic carbocycles. The Kier molecular flexibility index (Phi) is 5.27. The van der Waals surface area contributed by atoms with E-state index < -0.39 is 0 Å². The maximum atomic E-state index is 11.8. The second kappa shape index (κ2) is 7.78. The molecule has 1 aliphatic rings. The van der Waals surface area contributed by atoms with Crippen molar-refractivity contribution >= 4 is 17.5 Å². The zero-order valence-electron chi connectivity index (χ0n) is 14.0. The molecule has 8 heteroatoms. The fraction of sp³-hybridized carbons (Fsp3) is 0.412. The standard InChI is InChI=1S/C17H22N6O2/c18-17(25)14-2-1-7-22(9-14)15-5-3-13(4-6-15)8-20-16(24)10-23-12-19-11-21-23/h3-6,11-12,14H,1-2,7-10H2,(H2,18,25)(H,20,24). The number of nitrogens with two attached hydrogens (primary N) is 1. The Morgan fingerprint density at radius 3 is 2.76 bits per heavy atom. The minimum Gasteiger partial charge on any atom is -0.371 e. The number of nitrogens with zero attached hydrogens (tertiary/aromatic N) is 4. The third-order valence-corrected chi connectivity index (χ3v) is 4.39. The van der Waals surface area contributed by atoms with E-state index in [1.807, 2.05) is 24.3 Å². The van der Waals surface area contributed by atoms with Crippen LogP contribution in [0.2, 0.25) is 0 Å². The Balaban J connectivity index is 1.51. The Morgan fingerprint density at radius 1 is 1.28 bits per heavy atom. The average molecular weight is 342 g/mol. The van der Waals surface area contributed by atoms with E-state index in [0.717, 1.165) is 30.6 Å². The van der Waals surface area contributed by atoms with Gasteiger partial charge in [0.1, 0.15) is 19.2 Å². The largest absolute Gasteiger partial charge is 0.371 e. The van der Waals surface area contributed by atoms with Crippen molar-refractivity contribution in [3.05, 3.63) is 42.5 Å². The highest BCUT2D eigenvalue weighted by Crippen LogP contribution is 2.23. The van der Waals surface area contributed by atoms with Crippen molar-refractivity contribution in [2.75, 3.05) is 18.0 Å². The first kappa shape index (κ1) is 16.9. The molecule has 0 aliphatic carbocycles. The number of piperidine rings is 1. The van der Waals surface area contributed by atoms with Crippen LogP contribution >= 0.6 is 0 Å². The molecule has 0 radical (unpaired) electrons. The molecule has 1 atom stereocenters. The number of anilines is 1. The number of nitrogens with one attached hydrogen (secondary N) is 1. The first-order chi connectivity index (χ1) is 12.1. The van der Waals surface area contributed by atoms with Gasteiger partial charge in [-0.3, -0.25) is 9.59 Å². The lowest BCUT2D eigenvalue weighted by molar-refractivity contribution is -0.122. The van der Waals surface area contributed by atoms with Crippen LogP contribution in [0, 0.1) is 5.92 Å². The maximum Gasteiger partial charge on any atom is 0.242 e. The number of carbonyl (C=O) groups excluding carboxylic acids is 2. The number of aromatic nitrogens is 3. The first-order valence-corrected chi connectivity index (χ1v) is 8.34. The van der Waals surface area contributed by atoms with E-state index in [-0.39, 0.29) is 24.3 Å². The first-order valence-electron chi connectivity index (χ1n) is 8.34. The van der Waals surface area contributed by atoms with Gasteiger partial charge in [0, 0.05) is 25.3 Å². The van der Waals surface area contributed by atoms with Gasteiger partial charge < -0.3 is 16.0 Å². The molecule has 25 heavy (non-hydrogen) atoms. The van der Waals surface area contributed by atoms with Gasteiger partial charge in [0.15, 0.2) is 0 Å². The minimum atomic E-state index is -0.226. The average Bonchev–Trinajstić information content (AvgIpc) is 3.13. The summed E-state index contributed by atoms with van der Waals surface area (Å²) in [6, 6.07) is 8.00. The van der Waals surface area contributed by atoms with Crippen LogP contribution < -0.4 is 16.0 Å². The Bertz CT molecular complexity index is 713. The van der Waals surface area contributed by atoms with Crippen LogP contribution in [0.4, 0.5) is 5.69 Å². The summed E-state index contributed by atoms with van der Waals surface area (Å²) in [5.74, 6) is -0.421. The summed E-state index contributed by atoms with van der Waals surface area (Å²) in [7, 11) is 0. The molecule has 1 unspecified atom stereocenters. The quantitative estimate of drug-likeness (QED) is 0.785. The molecule has 3 rings (SSSR count). The zero-order valence-corrected chi connectivity index (χ0v) is 14.0. The summed E-state index contributed by atoms with van der Waals surface area (Å²) in [5, 5.41) is 6.76. The molecule has 132 valence electrons. The smallest absolute Gasteiger partial charge is 0.242 e. The van der Waals surface area contributed by atoms with Crippen LogP contribution in [0.1, 0.15) is 18.4 Å². The fourth-order valence-electron chi connectivity index (χ4n) is 2.99. The summed E-state index contributed by atoms with van der Waals surface area (Å²) >= 11 is 0. The Morgan fingerprint density at radius 2 is 2.08 bits per heavy atom. The summed E-state index contributed by atoms with van der Waals surface area (Å²) in [5.41, 5.74) is 7.52. The molecule has 0 spiro atoms. The van der Waals surface area contributed by atoms with Gasteiger partial charge in [0.05, 0.1) is 5.92 Å². The van der Waals surface area contributed by atoms with Gasteiger partial charge in [0.2, 0.25) is 11.8 Å². The van der Waals surface area contributed by atoms with Crippen molar-refractivity contribution in [1.82, 2.24) is 20.1 Å². The van der Waals surface area contributed by atoms with Crippen LogP contribution in [-0.4, -0.2) is 39.7 Å². The van der Waals surface area contributed by atoms with E-state index in [9.17, 15) is 9.59 Å². The molecule has 1 aliphatic heterocycles. The van der Waals surface area contributed by atoms with Gasteiger partial charge in [0.25, 0.3) is 0 Å². The number of hydrogen-bond acceptors (Lipinski definition) is 5.